The lowest BCUT2D eigenvalue weighted by Crippen LogP contribution is -2.16. The molecule has 0 aromatic heterocycles. The molecule has 17 heavy (non-hydrogen) atoms. The predicted molar refractivity (Wildman–Crippen MR) is 63.1 cm³/mol. The minimum absolute atomic E-state index is 0.166. The van der Waals surface area contributed by atoms with Gasteiger partial charge in [0.1, 0.15) is 0 Å². The molecule has 1 nitrogen and oxygen atoms in total. The van der Waals surface area contributed by atoms with Gasteiger partial charge in [-0.15, -0.1) is 0 Å². The Kier molecular flexibility index (Phi) is 5.78. The first kappa shape index (κ1) is 14.3. The molecule has 0 amide bonds. The zero-order chi connectivity index (χ0) is 12.7. The topological polar surface area (TPSA) is 12.0 Å². The summed E-state index contributed by atoms with van der Waals surface area (Å²) in [5.74, 6) is 0. The highest BCUT2D eigenvalue weighted by Crippen LogP contribution is 2.21. The Bertz CT molecular complexity index is 339. The molecule has 0 saturated heterocycles. The summed E-state index contributed by atoms with van der Waals surface area (Å²) in [4.78, 5) is 0. The number of rotatable bonds is 6. The normalized spacial score (nSPS) is 11.8. The lowest BCUT2D eigenvalue weighted by molar-refractivity contribution is -0.135. The van der Waals surface area contributed by atoms with Crippen LogP contribution in [0.3, 0.4) is 0 Å². The molecule has 96 valence electrons. The summed E-state index contributed by atoms with van der Waals surface area (Å²) in [7, 11) is 0. The van der Waals surface area contributed by atoms with Crippen LogP contribution in [0.2, 0.25) is 5.02 Å². The number of hydrogen-bond acceptors (Lipinski definition) is 1. The SMILES string of the molecule is FC(F)(F)CCCCNCc1ccccc1Cl. The maximum Gasteiger partial charge on any atom is 0.389 e. The van der Waals surface area contributed by atoms with Crippen LogP contribution in [0.4, 0.5) is 13.2 Å². The lowest BCUT2D eigenvalue weighted by Gasteiger charge is -2.08. The molecule has 0 bridgehead atoms. The number of benzene rings is 1. The Balaban J connectivity index is 2.11. The highest BCUT2D eigenvalue weighted by atomic mass is 35.5. The molecule has 0 unspecified atom stereocenters. The van der Waals surface area contributed by atoms with Gasteiger partial charge in [0, 0.05) is 18.0 Å². The maximum atomic E-state index is 11.8. The van der Waals surface area contributed by atoms with Crippen molar-refractivity contribution < 1.29 is 13.2 Å². The third kappa shape index (κ3) is 6.54. The molecule has 1 aromatic carbocycles. The van der Waals surface area contributed by atoms with Gasteiger partial charge in [0.05, 0.1) is 0 Å². The number of alkyl halides is 3. The summed E-state index contributed by atoms with van der Waals surface area (Å²) in [6.07, 6.45) is -4.06. The lowest BCUT2D eigenvalue weighted by atomic mass is 10.2. The molecule has 0 saturated carbocycles. The van der Waals surface area contributed by atoms with E-state index in [0.29, 0.717) is 24.5 Å². The fourth-order valence-electron chi connectivity index (χ4n) is 1.44. The molecule has 0 spiro atoms. The van der Waals surface area contributed by atoms with Gasteiger partial charge < -0.3 is 5.32 Å². The third-order valence-electron chi connectivity index (χ3n) is 2.34. The van der Waals surface area contributed by atoms with Crippen LogP contribution in [-0.4, -0.2) is 12.7 Å². The van der Waals surface area contributed by atoms with Crippen LogP contribution >= 0.6 is 11.6 Å². The van der Waals surface area contributed by atoms with Crippen molar-refractivity contribution in [3.63, 3.8) is 0 Å². The summed E-state index contributed by atoms with van der Waals surface area (Å²) in [5, 5.41) is 3.75. The van der Waals surface area contributed by atoms with E-state index in [0.717, 1.165) is 5.56 Å². The highest BCUT2D eigenvalue weighted by molar-refractivity contribution is 6.31. The molecule has 0 aliphatic carbocycles. The Morgan fingerprint density at radius 3 is 2.47 bits per heavy atom. The second-order valence-electron chi connectivity index (χ2n) is 3.84. The van der Waals surface area contributed by atoms with Crippen LogP contribution < -0.4 is 5.32 Å². The summed E-state index contributed by atoms with van der Waals surface area (Å²) in [6, 6.07) is 7.41. The van der Waals surface area contributed by atoms with Crippen LogP contribution in [-0.2, 0) is 6.54 Å². The predicted octanol–water partition coefficient (Wildman–Crippen LogP) is 4.16. The van der Waals surface area contributed by atoms with Crippen LogP contribution in [0.15, 0.2) is 24.3 Å². The minimum Gasteiger partial charge on any atom is -0.313 e. The average Bonchev–Trinajstić information content (AvgIpc) is 2.24. The zero-order valence-electron chi connectivity index (χ0n) is 9.36. The quantitative estimate of drug-likeness (QED) is 0.762. The maximum absolute atomic E-state index is 11.8. The molecule has 1 N–H and O–H groups in total. The van der Waals surface area contributed by atoms with Crippen molar-refractivity contribution in [3.8, 4) is 0 Å². The molecule has 5 heteroatoms. The molecule has 0 heterocycles. The van der Waals surface area contributed by atoms with Gasteiger partial charge in [-0.2, -0.15) is 13.2 Å². The van der Waals surface area contributed by atoms with Crippen molar-refractivity contribution in [1.29, 1.82) is 0 Å². The third-order valence-corrected chi connectivity index (χ3v) is 2.71. The minimum atomic E-state index is -4.04. The summed E-state index contributed by atoms with van der Waals surface area (Å²) >= 11 is 5.94. The second-order valence-corrected chi connectivity index (χ2v) is 4.25. The highest BCUT2D eigenvalue weighted by Gasteiger charge is 2.25. The number of halogens is 4. The van der Waals surface area contributed by atoms with Gasteiger partial charge in [0.2, 0.25) is 0 Å². The molecule has 1 aromatic rings. The molecule has 0 radical (unpaired) electrons. The van der Waals surface area contributed by atoms with E-state index in [1.165, 1.54) is 0 Å². The van der Waals surface area contributed by atoms with Crippen LogP contribution in [0.1, 0.15) is 24.8 Å². The van der Waals surface area contributed by atoms with Gasteiger partial charge in [0.25, 0.3) is 0 Å². The van der Waals surface area contributed by atoms with Gasteiger partial charge in [-0.25, -0.2) is 0 Å². The summed E-state index contributed by atoms with van der Waals surface area (Å²) in [5.41, 5.74) is 0.963. The van der Waals surface area contributed by atoms with Gasteiger partial charge in [-0.05, 0) is 31.0 Å². The Labute approximate surface area is 104 Å². The standard InChI is InChI=1S/C12H15ClF3N/c13-11-6-2-1-5-10(11)9-17-8-4-3-7-12(14,15)16/h1-2,5-6,17H,3-4,7-9H2. The van der Waals surface area contributed by atoms with Crippen molar-refractivity contribution in [1.82, 2.24) is 5.32 Å². The first-order chi connectivity index (χ1) is 7.99. The van der Waals surface area contributed by atoms with Crippen molar-refractivity contribution in [2.24, 2.45) is 0 Å². The van der Waals surface area contributed by atoms with E-state index in [4.69, 9.17) is 11.6 Å². The smallest absolute Gasteiger partial charge is 0.313 e. The molecule has 0 aliphatic heterocycles. The average molecular weight is 266 g/mol. The largest absolute Gasteiger partial charge is 0.389 e. The van der Waals surface area contributed by atoms with Gasteiger partial charge >= 0.3 is 6.18 Å². The molecule has 0 atom stereocenters. The zero-order valence-corrected chi connectivity index (χ0v) is 10.1. The van der Waals surface area contributed by atoms with Gasteiger partial charge in [-0.1, -0.05) is 29.8 Å². The van der Waals surface area contributed by atoms with E-state index < -0.39 is 12.6 Å². The van der Waals surface area contributed by atoms with E-state index in [1.54, 1.807) is 6.07 Å². The molecule has 0 fully saturated rings. The van der Waals surface area contributed by atoms with Gasteiger partial charge in [-0.3, -0.25) is 0 Å². The van der Waals surface area contributed by atoms with Crippen LogP contribution in [0, 0.1) is 0 Å². The first-order valence-electron chi connectivity index (χ1n) is 5.50. The van der Waals surface area contributed by atoms with Crippen molar-refractivity contribution in [2.45, 2.75) is 32.0 Å². The van der Waals surface area contributed by atoms with E-state index in [-0.39, 0.29) is 6.42 Å². The Morgan fingerprint density at radius 1 is 1.12 bits per heavy atom. The van der Waals surface area contributed by atoms with Crippen molar-refractivity contribution in [2.75, 3.05) is 6.54 Å². The summed E-state index contributed by atoms with van der Waals surface area (Å²) < 4.78 is 35.5. The molecular weight excluding hydrogens is 251 g/mol. The molecule has 0 aliphatic rings. The van der Waals surface area contributed by atoms with E-state index in [1.807, 2.05) is 18.2 Å². The molecule has 1 rings (SSSR count). The van der Waals surface area contributed by atoms with E-state index >= 15 is 0 Å². The van der Waals surface area contributed by atoms with E-state index in [2.05, 4.69) is 5.32 Å². The fourth-order valence-corrected chi connectivity index (χ4v) is 1.64. The number of unbranched alkanes of at least 4 members (excludes halogenated alkanes) is 1. The Hall–Kier alpha value is -0.740. The van der Waals surface area contributed by atoms with Crippen molar-refractivity contribution in [3.05, 3.63) is 34.9 Å². The van der Waals surface area contributed by atoms with Crippen LogP contribution in [0.5, 0.6) is 0 Å². The fraction of sp³-hybridized carbons (Fsp3) is 0.500. The number of hydrogen-bond donors (Lipinski definition) is 1. The van der Waals surface area contributed by atoms with Crippen LogP contribution in [0.25, 0.3) is 0 Å². The second kappa shape index (κ2) is 6.87. The monoisotopic (exact) mass is 265 g/mol. The first-order valence-corrected chi connectivity index (χ1v) is 5.88. The van der Waals surface area contributed by atoms with E-state index in [9.17, 15) is 13.2 Å². The molecular formula is C12H15ClF3N. The van der Waals surface area contributed by atoms with Gasteiger partial charge in [0.15, 0.2) is 0 Å². The Morgan fingerprint density at radius 2 is 1.82 bits per heavy atom. The van der Waals surface area contributed by atoms with Crippen molar-refractivity contribution >= 4 is 11.6 Å². The summed E-state index contributed by atoms with van der Waals surface area (Å²) in [6.45, 7) is 1.16. The number of nitrogens with one attached hydrogen (secondary N) is 1.